The minimum absolute atomic E-state index is 0.0123. The Balaban J connectivity index is 1.75. The summed E-state index contributed by atoms with van der Waals surface area (Å²) >= 11 is 1.32. The van der Waals surface area contributed by atoms with Gasteiger partial charge in [0.15, 0.2) is 0 Å². The molecule has 3 aromatic rings. The van der Waals surface area contributed by atoms with Gasteiger partial charge < -0.3 is 0 Å². The number of non-ortho nitro benzene ring substituents is 1. The first-order valence-electron chi connectivity index (χ1n) is 10.4. The first-order chi connectivity index (χ1) is 15.8. The Morgan fingerprint density at radius 1 is 1.15 bits per heavy atom. The summed E-state index contributed by atoms with van der Waals surface area (Å²) in [6.45, 7) is 4.88. The van der Waals surface area contributed by atoms with Crippen LogP contribution in [0.4, 0.5) is 10.8 Å². The molecule has 0 fully saturated rings. The third-order valence-corrected chi connectivity index (χ3v) is 7.31. The number of sulfonamides is 1. The van der Waals surface area contributed by atoms with Crippen LogP contribution in [-0.2, 0) is 10.0 Å². The number of rotatable bonds is 11. The van der Waals surface area contributed by atoms with Gasteiger partial charge >= 0.3 is 0 Å². The standard InChI is InChI=1S/C22H25N5O4S2/c1-3-11-26(12-4-2)33(30,31)20-10-6-8-18(14-20)21-16-32-22(24-21)25-23-15-17-7-5-9-19(13-17)27(28)29/h5-10,13-16H,3-4,11-12H2,1-2H3,(H,24,25)/b23-15+. The molecule has 0 bridgehead atoms. The second kappa shape index (κ2) is 11.1. The molecule has 1 aromatic heterocycles. The molecular weight excluding hydrogens is 462 g/mol. The van der Waals surface area contributed by atoms with E-state index in [1.165, 1.54) is 34.0 Å². The van der Waals surface area contributed by atoms with Crippen LogP contribution in [0, 0.1) is 10.1 Å². The van der Waals surface area contributed by atoms with Crippen LogP contribution in [0.5, 0.6) is 0 Å². The predicted octanol–water partition coefficient (Wildman–Crippen LogP) is 4.98. The lowest BCUT2D eigenvalue weighted by molar-refractivity contribution is -0.384. The highest BCUT2D eigenvalue weighted by Crippen LogP contribution is 2.28. The van der Waals surface area contributed by atoms with Crippen molar-refractivity contribution >= 4 is 38.4 Å². The molecule has 0 unspecified atom stereocenters. The van der Waals surface area contributed by atoms with E-state index in [1.54, 1.807) is 30.3 Å². The zero-order valence-corrected chi connectivity index (χ0v) is 20.0. The molecular formula is C22H25N5O4S2. The van der Waals surface area contributed by atoms with E-state index in [0.29, 0.717) is 35.0 Å². The average molecular weight is 488 g/mol. The van der Waals surface area contributed by atoms with Crippen LogP contribution in [0.1, 0.15) is 32.3 Å². The number of thiazole rings is 1. The van der Waals surface area contributed by atoms with Gasteiger partial charge in [0.25, 0.3) is 5.69 Å². The summed E-state index contributed by atoms with van der Waals surface area (Å²) in [6.07, 6.45) is 2.96. The molecule has 2 aromatic carbocycles. The van der Waals surface area contributed by atoms with Gasteiger partial charge in [-0.15, -0.1) is 11.3 Å². The van der Waals surface area contributed by atoms with Crippen molar-refractivity contribution < 1.29 is 13.3 Å². The van der Waals surface area contributed by atoms with Crippen LogP contribution in [0.3, 0.4) is 0 Å². The van der Waals surface area contributed by atoms with Gasteiger partial charge in [0, 0.05) is 41.7 Å². The summed E-state index contributed by atoms with van der Waals surface area (Å²) in [6, 6.07) is 12.9. The normalized spacial score (nSPS) is 11.8. The molecule has 1 N–H and O–H groups in total. The quantitative estimate of drug-likeness (QED) is 0.232. The minimum Gasteiger partial charge on any atom is -0.258 e. The predicted molar refractivity (Wildman–Crippen MR) is 131 cm³/mol. The Kier molecular flexibility index (Phi) is 8.26. The lowest BCUT2D eigenvalue weighted by Gasteiger charge is -2.21. The van der Waals surface area contributed by atoms with E-state index >= 15 is 0 Å². The Hall–Kier alpha value is -3.15. The van der Waals surface area contributed by atoms with Gasteiger partial charge in [-0.25, -0.2) is 13.4 Å². The number of hydrogen-bond donors (Lipinski definition) is 1. The number of nitrogens with one attached hydrogen (secondary N) is 1. The number of nitrogens with zero attached hydrogens (tertiary/aromatic N) is 4. The molecule has 3 rings (SSSR count). The number of benzene rings is 2. The summed E-state index contributed by atoms with van der Waals surface area (Å²) < 4.78 is 27.7. The molecule has 0 aliphatic rings. The number of aromatic nitrogens is 1. The SMILES string of the molecule is CCCN(CCC)S(=O)(=O)c1cccc(-c2csc(N/N=C/c3cccc([N+](=O)[O-])c3)n2)c1. The maximum atomic E-state index is 13.1. The highest BCUT2D eigenvalue weighted by Gasteiger charge is 2.23. The maximum absolute atomic E-state index is 13.1. The molecule has 9 nitrogen and oxygen atoms in total. The van der Waals surface area contributed by atoms with Gasteiger partial charge in [0.1, 0.15) is 0 Å². The van der Waals surface area contributed by atoms with Gasteiger partial charge in [-0.05, 0) is 25.0 Å². The molecule has 11 heteroatoms. The van der Waals surface area contributed by atoms with Crippen LogP contribution in [-0.4, -0.2) is 41.9 Å². The fourth-order valence-electron chi connectivity index (χ4n) is 3.15. The van der Waals surface area contributed by atoms with E-state index in [2.05, 4.69) is 15.5 Å². The van der Waals surface area contributed by atoms with Crippen LogP contribution in [0.15, 0.2) is 63.9 Å². The Morgan fingerprint density at radius 3 is 2.58 bits per heavy atom. The zero-order valence-electron chi connectivity index (χ0n) is 18.3. The number of nitro groups is 1. The summed E-state index contributed by atoms with van der Waals surface area (Å²) in [5.74, 6) is 0. The van der Waals surface area contributed by atoms with Crippen LogP contribution in [0.25, 0.3) is 11.3 Å². The molecule has 1 heterocycles. The minimum atomic E-state index is -3.58. The average Bonchev–Trinajstić information content (AvgIpc) is 3.28. The van der Waals surface area contributed by atoms with Gasteiger partial charge in [0.2, 0.25) is 15.2 Å². The number of hydrogen-bond acceptors (Lipinski definition) is 8. The number of hydrazone groups is 1. The monoisotopic (exact) mass is 487 g/mol. The Labute approximate surface area is 197 Å². The summed E-state index contributed by atoms with van der Waals surface area (Å²) in [5.41, 5.74) is 4.69. The van der Waals surface area contributed by atoms with Crippen molar-refractivity contribution in [1.82, 2.24) is 9.29 Å². The Bertz CT molecular complexity index is 1230. The molecule has 0 spiro atoms. The van der Waals surface area contributed by atoms with E-state index in [-0.39, 0.29) is 10.6 Å². The van der Waals surface area contributed by atoms with Gasteiger partial charge in [-0.3, -0.25) is 15.5 Å². The van der Waals surface area contributed by atoms with Gasteiger partial charge in [0.05, 0.1) is 21.7 Å². The summed E-state index contributed by atoms with van der Waals surface area (Å²) in [4.78, 5) is 15.1. The van der Waals surface area contributed by atoms with E-state index in [0.717, 1.165) is 12.8 Å². The van der Waals surface area contributed by atoms with Gasteiger partial charge in [-0.2, -0.15) is 9.41 Å². The number of nitro benzene ring substituents is 1. The highest BCUT2D eigenvalue weighted by molar-refractivity contribution is 7.89. The van der Waals surface area contributed by atoms with Crippen molar-refractivity contribution in [2.75, 3.05) is 18.5 Å². The molecule has 0 atom stereocenters. The molecule has 0 saturated heterocycles. The van der Waals surface area contributed by atoms with Crippen molar-refractivity contribution in [3.05, 3.63) is 69.6 Å². The van der Waals surface area contributed by atoms with Crippen molar-refractivity contribution in [1.29, 1.82) is 0 Å². The lowest BCUT2D eigenvalue weighted by Crippen LogP contribution is -2.32. The molecule has 0 aliphatic heterocycles. The largest absolute Gasteiger partial charge is 0.270 e. The summed E-state index contributed by atoms with van der Waals surface area (Å²) in [5, 5.41) is 17.3. The van der Waals surface area contributed by atoms with E-state index in [4.69, 9.17) is 0 Å². The van der Waals surface area contributed by atoms with Crippen LogP contribution >= 0.6 is 11.3 Å². The van der Waals surface area contributed by atoms with Gasteiger partial charge in [-0.1, -0.05) is 38.1 Å². The fourth-order valence-corrected chi connectivity index (χ4v) is 5.49. The van der Waals surface area contributed by atoms with Crippen molar-refractivity contribution in [3.63, 3.8) is 0 Å². The van der Waals surface area contributed by atoms with Crippen molar-refractivity contribution in [3.8, 4) is 11.3 Å². The van der Waals surface area contributed by atoms with Crippen molar-refractivity contribution in [2.24, 2.45) is 5.10 Å². The van der Waals surface area contributed by atoms with Crippen LogP contribution < -0.4 is 5.43 Å². The molecule has 0 amide bonds. The molecule has 174 valence electrons. The molecule has 0 saturated carbocycles. The first kappa shape index (κ1) is 24.5. The van der Waals surface area contributed by atoms with E-state index in [9.17, 15) is 18.5 Å². The lowest BCUT2D eigenvalue weighted by atomic mass is 10.2. The zero-order chi connectivity index (χ0) is 23.8. The third-order valence-electron chi connectivity index (χ3n) is 4.67. The third kappa shape index (κ3) is 6.21. The number of anilines is 1. The second-order valence-corrected chi connectivity index (χ2v) is 9.99. The smallest absolute Gasteiger partial charge is 0.258 e. The molecule has 33 heavy (non-hydrogen) atoms. The summed E-state index contributed by atoms with van der Waals surface area (Å²) in [7, 11) is -3.58. The molecule has 0 radical (unpaired) electrons. The highest BCUT2D eigenvalue weighted by atomic mass is 32.2. The van der Waals surface area contributed by atoms with Crippen LogP contribution in [0.2, 0.25) is 0 Å². The molecule has 0 aliphatic carbocycles. The van der Waals surface area contributed by atoms with E-state index in [1.807, 2.05) is 25.3 Å². The maximum Gasteiger partial charge on any atom is 0.270 e. The first-order valence-corrected chi connectivity index (χ1v) is 12.8. The second-order valence-electron chi connectivity index (χ2n) is 7.19. The van der Waals surface area contributed by atoms with E-state index < -0.39 is 14.9 Å². The Morgan fingerprint density at radius 2 is 1.88 bits per heavy atom. The topological polar surface area (TPSA) is 118 Å². The van der Waals surface area contributed by atoms with Crippen molar-refractivity contribution in [2.45, 2.75) is 31.6 Å². The fraction of sp³-hybridized carbons (Fsp3) is 0.273.